The van der Waals surface area contributed by atoms with Crippen molar-refractivity contribution in [1.29, 1.82) is 0 Å². The van der Waals surface area contributed by atoms with Crippen molar-refractivity contribution in [3.05, 3.63) is 33.2 Å². The van der Waals surface area contributed by atoms with Crippen molar-refractivity contribution < 1.29 is 27.9 Å². The third-order valence-electron chi connectivity index (χ3n) is 4.45. The monoisotopic (exact) mass is 435 g/mol. The summed E-state index contributed by atoms with van der Waals surface area (Å²) in [5, 5.41) is 10.5. The number of aliphatic hydroxyl groups excluding tert-OH is 1. The van der Waals surface area contributed by atoms with Crippen molar-refractivity contribution in [3.63, 3.8) is 0 Å². The zero-order valence-corrected chi connectivity index (χ0v) is 16.1. The van der Waals surface area contributed by atoms with E-state index in [0.717, 1.165) is 12.1 Å². The molecule has 0 spiro atoms. The molecule has 1 aromatic carbocycles. The number of alkyl halides is 3. The molecule has 0 bridgehead atoms. The van der Waals surface area contributed by atoms with Crippen molar-refractivity contribution >= 4 is 46.3 Å². The lowest BCUT2D eigenvalue weighted by molar-refractivity contribution is -0.137. The number of β-amino-alcohol motifs (C(OH)–C–C–N with tert-alkyl or cyclic N) is 1. The van der Waals surface area contributed by atoms with Crippen LogP contribution in [-0.4, -0.2) is 60.5 Å². The highest BCUT2D eigenvalue weighted by atomic mass is 35.5. The van der Waals surface area contributed by atoms with E-state index in [0.29, 0.717) is 50.2 Å². The van der Waals surface area contributed by atoms with Gasteiger partial charge in [0.05, 0.1) is 27.8 Å². The predicted molar refractivity (Wildman–Crippen MR) is 101 cm³/mol. The number of nitrogens with zero attached hydrogens (tertiary/aromatic N) is 2. The Bertz CT molecular complexity index is 824. The van der Waals surface area contributed by atoms with Gasteiger partial charge in [-0.3, -0.25) is 19.8 Å². The normalized spacial score (nSPS) is 20.2. The lowest BCUT2D eigenvalue weighted by atomic mass is 10.1. The minimum Gasteiger partial charge on any atom is -0.395 e. The molecule has 6 nitrogen and oxygen atoms in total. The van der Waals surface area contributed by atoms with Crippen molar-refractivity contribution in [1.82, 2.24) is 10.2 Å². The third-order valence-corrected chi connectivity index (χ3v) is 5.55. The number of carbonyl (C=O) groups excluding carboxylic acids is 2. The fraction of sp³-hybridized carbons (Fsp3) is 0.412. The van der Waals surface area contributed by atoms with Crippen LogP contribution in [-0.2, 0) is 11.0 Å². The molecule has 0 radical (unpaired) electrons. The number of amides is 2. The van der Waals surface area contributed by atoms with E-state index in [9.17, 15) is 22.8 Å². The number of anilines is 1. The molecule has 0 aromatic heterocycles. The van der Waals surface area contributed by atoms with E-state index < -0.39 is 22.9 Å². The molecule has 28 heavy (non-hydrogen) atoms. The van der Waals surface area contributed by atoms with Gasteiger partial charge in [-0.05, 0) is 30.0 Å². The van der Waals surface area contributed by atoms with Gasteiger partial charge in [-0.15, -0.1) is 0 Å². The molecule has 1 aromatic rings. The summed E-state index contributed by atoms with van der Waals surface area (Å²) >= 11 is 6.86. The Morgan fingerprint density at radius 1 is 1.21 bits per heavy atom. The van der Waals surface area contributed by atoms with E-state index in [1.165, 1.54) is 6.08 Å². The molecule has 0 aliphatic carbocycles. The maximum atomic E-state index is 13.2. The van der Waals surface area contributed by atoms with Gasteiger partial charge < -0.3 is 10.0 Å². The van der Waals surface area contributed by atoms with Gasteiger partial charge in [0.2, 0.25) is 0 Å². The van der Waals surface area contributed by atoms with Crippen LogP contribution in [0.5, 0.6) is 0 Å². The maximum absolute atomic E-state index is 13.2. The summed E-state index contributed by atoms with van der Waals surface area (Å²) in [4.78, 5) is 27.1. The average Bonchev–Trinajstić information content (AvgIpc) is 2.92. The van der Waals surface area contributed by atoms with Gasteiger partial charge in [-0.1, -0.05) is 11.6 Å². The summed E-state index contributed by atoms with van der Waals surface area (Å²) in [5.41, 5.74) is -0.414. The van der Waals surface area contributed by atoms with Crippen LogP contribution >= 0.6 is 23.4 Å². The topological polar surface area (TPSA) is 72.9 Å². The minimum absolute atomic E-state index is 0.0144. The lowest BCUT2D eigenvalue weighted by Crippen LogP contribution is -2.47. The molecule has 0 saturated carbocycles. The molecule has 2 heterocycles. The van der Waals surface area contributed by atoms with Crippen molar-refractivity contribution in [2.75, 3.05) is 44.2 Å². The Kier molecular flexibility index (Phi) is 6.23. The van der Waals surface area contributed by atoms with Crippen LogP contribution < -0.4 is 10.2 Å². The number of carbonyl (C=O) groups is 2. The minimum atomic E-state index is -4.60. The first-order valence-corrected chi connectivity index (χ1v) is 9.62. The smallest absolute Gasteiger partial charge is 0.395 e. The van der Waals surface area contributed by atoms with E-state index >= 15 is 0 Å². The van der Waals surface area contributed by atoms with Gasteiger partial charge >= 0.3 is 6.18 Å². The first-order valence-electron chi connectivity index (χ1n) is 8.43. The van der Waals surface area contributed by atoms with Crippen molar-refractivity contribution in [3.8, 4) is 0 Å². The first kappa shape index (κ1) is 21.0. The van der Waals surface area contributed by atoms with E-state index in [1.54, 1.807) is 0 Å². The molecule has 2 fully saturated rings. The zero-order valence-electron chi connectivity index (χ0n) is 14.6. The Labute approximate surface area is 168 Å². The number of imide groups is 1. The fourth-order valence-corrected chi connectivity index (χ4v) is 4.15. The summed E-state index contributed by atoms with van der Waals surface area (Å²) < 4.78 is 39.7. The largest absolute Gasteiger partial charge is 0.416 e. The number of piperazine rings is 1. The standard InChI is InChI=1S/C17H17ClF3N3O3S/c18-12-9-11(17(19,20)21)7-10(8-13-15(26)22-16(27)28-13)14(12)24-3-1-23(2-4-24)5-6-25/h7-9,25H,1-6H2,(H,22,26,27)/b13-8+. The third kappa shape index (κ3) is 4.62. The molecular formula is C17H17ClF3N3O3S. The molecule has 11 heteroatoms. The summed E-state index contributed by atoms with van der Waals surface area (Å²) in [6.07, 6.45) is -3.34. The van der Waals surface area contributed by atoms with Crippen molar-refractivity contribution in [2.45, 2.75) is 6.18 Å². The summed E-state index contributed by atoms with van der Waals surface area (Å²) in [5.74, 6) is -0.651. The molecule has 2 saturated heterocycles. The Morgan fingerprint density at radius 2 is 1.89 bits per heavy atom. The highest BCUT2D eigenvalue weighted by molar-refractivity contribution is 8.18. The van der Waals surface area contributed by atoms with Crippen LogP contribution in [0.3, 0.4) is 0 Å². The van der Waals surface area contributed by atoms with Crippen LogP contribution in [0.1, 0.15) is 11.1 Å². The van der Waals surface area contributed by atoms with E-state index in [-0.39, 0.29) is 22.1 Å². The first-order chi connectivity index (χ1) is 13.2. The predicted octanol–water partition coefficient (Wildman–Crippen LogP) is 2.80. The molecule has 0 atom stereocenters. The number of aliphatic hydroxyl groups is 1. The zero-order chi connectivity index (χ0) is 20.5. The number of thioether (sulfide) groups is 1. The van der Waals surface area contributed by atoms with Crippen molar-refractivity contribution in [2.24, 2.45) is 0 Å². The Balaban J connectivity index is 2.00. The number of nitrogens with one attached hydrogen (secondary N) is 1. The van der Waals surface area contributed by atoms with E-state index in [4.69, 9.17) is 16.7 Å². The van der Waals surface area contributed by atoms with Gasteiger partial charge in [0.15, 0.2) is 0 Å². The highest BCUT2D eigenvalue weighted by Gasteiger charge is 2.34. The average molecular weight is 436 g/mol. The molecule has 2 amide bonds. The number of rotatable bonds is 4. The second-order valence-corrected chi connectivity index (χ2v) is 7.72. The van der Waals surface area contributed by atoms with Crippen LogP contribution in [0.15, 0.2) is 17.0 Å². The molecule has 2 aliphatic heterocycles. The molecule has 2 aliphatic rings. The Morgan fingerprint density at radius 3 is 2.43 bits per heavy atom. The second kappa shape index (κ2) is 8.32. The SMILES string of the molecule is O=C1NC(=O)/C(=C\c2cc(C(F)(F)F)cc(Cl)c2N2CCN(CCO)CC2)S1. The van der Waals surface area contributed by atoms with Gasteiger partial charge in [0, 0.05) is 38.3 Å². The lowest BCUT2D eigenvalue weighted by Gasteiger charge is -2.37. The molecule has 2 N–H and O–H groups in total. The molecule has 0 unspecified atom stereocenters. The van der Waals surface area contributed by atoms with Crippen LogP contribution in [0.2, 0.25) is 5.02 Å². The van der Waals surface area contributed by atoms with E-state index in [2.05, 4.69) is 5.32 Å². The summed E-state index contributed by atoms with van der Waals surface area (Å²) in [6, 6.07) is 1.80. The molecular weight excluding hydrogens is 419 g/mol. The fourth-order valence-electron chi connectivity index (χ4n) is 3.13. The number of hydrogen-bond donors (Lipinski definition) is 2. The summed E-state index contributed by atoms with van der Waals surface area (Å²) in [7, 11) is 0. The van der Waals surface area contributed by atoms with Crippen LogP contribution in [0, 0.1) is 0 Å². The summed E-state index contributed by atoms with van der Waals surface area (Å²) in [6.45, 7) is 2.77. The van der Waals surface area contributed by atoms with Gasteiger partial charge in [0.25, 0.3) is 11.1 Å². The number of halogens is 4. The number of benzene rings is 1. The number of hydrogen-bond acceptors (Lipinski definition) is 6. The van der Waals surface area contributed by atoms with Gasteiger partial charge in [-0.2, -0.15) is 13.2 Å². The molecule has 3 rings (SSSR count). The Hall–Kier alpha value is -1.75. The van der Waals surface area contributed by atoms with Gasteiger partial charge in [0.1, 0.15) is 0 Å². The van der Waals surface area contributed by atoms with Crippen LogP contribution in [0.4, 0.5) is 23.7 Å². The van der Waals surface area contributed by atoms with Gasteiger partial charge in [-0.25, -0.2) is 0 Å². The van der Waals surface area contributed by atoms with E-state index in [1.807, 2.05) is 9.80 Å². The maximum Gasteiger partial charge on any atom is 0.416 e. The quantitative estimate of drug-likeness (QED) is 0.709. The second-order valence-electron chi connectivity index (χ2n) is 6.30. The highest BCUT2D eigenvalue weighted by Crippen LogP contribution is 2.40. The molecule has 152 valence electrons. The van der Waals surface area contributed by atoms with Crippen LogP contribution in [0.25, 0.3) is 6.08 Å².